The minimum Gasteiger partial charge on any atom is -0.494 e. The number of amides is 1. The highest BCUT2D eigenvalue weighted by Crippen LogP contribution is 2.24. The van der Waals surface area contributed by atoms with Gasteiger partial charge in [-0.3, -0.25) is 9.10 Å². The van der Waals surface area contributed by atoms with Gasteiger partial charge in [-0.2, -0.15) is 0 Å². The van der Waals surface area contributed by atoms with E-state index >= 15 is 0 Å². The van der Waals surface area contributed by atoms with Crippen LogP contribution in [-0.2, 0) is 16.6 Å². The Hall–Kier alpha value is -2.54. The number of ether oxygens (including phenoxy) is 1. The number of anilines is 1. The molecule has 0 aliphatic heterocycles. The molecule has 0 radical (unpaired) electrons. The number of nitrogens with zero attached hydrogens (tertiary/aromatic N) is 1. The third-order valence-corrected chi connectivity index (χ3v) is 5.27. The number of carbonyl (C=O) groups is 1. The Balaban J connectivity index is 2.12. The quantitative estimate of drug-likeness (QED) is 0.806. The van der Waals surface area contributed by atoms with Gasteiger partial charge >= 0.3 is 0 Å². The number of hydrogen-bond donors (Lipinski definition) is 1. The highest BCUT2D eigenvalue weighted by molar-refractivity contribution is 7.92. The lowest BCUT2D eigenvalue weighted by Gasteiger charge is -2.20. The number of carbonyl (C=O) groups excluding carboxylic acids is 1. The summed E-state index contributed by atoms with van der Waals surface area (Å²) < 4.78 is 30.1. The molecule has 0 aromatic heterocycles. The molecule has 0 spiro atoms. The van der Waals surface area contributed by atoms with Crippen molar-refractivity contribution in [3.63, 3.8) is 0 Å². The van der Waals surface area contributed by atoms with Gasteiger partial charge in [-0.25, -0.2) is 8.42 Å². The topological polar surface area (TPSA) is 75.7 Å². The zero-order valence-corrected chi connectivity index (χ0v) is 16.3. The lowest BCUT2D eigenvalue weighted by Crippen LogP contribution is -2.28. The van der Waals surface area contributed by atoms with Gasteiger partial charge in [-0.15, -0.1) is 0 Å². The Morgan fingerprint density at radius 2 is 1.81 bits per heavy atom. The normalized spacial score (nSPS) is 11.1. The van der Waals surface area contributed by atoms with Crippen LogP contribution in [0.5, 0.6) is 5.75 Å². The second-order valence-corrected chi connectivity index (χ2v) is 7.95. The molecule has 0 saturated carbocycles. The third kappa shape index (κ3) is 4.76. The van der Waals surface area contributed by atoms with Gasteiger partial charge in [0.05, 0.1) is 18.6 Å². The minimum atomic E-state index is -3.40. The van der Waals surface area contributed by atoms with E-state index in [1.165, 1.54) is 11.4 Å². The Morgan fingerprint density at radius 3 is 2.38 bits per heavy atom. The molecule has 0 fully saturated rings. The van der Waals surface area contributed by atoms with Crippen molar-refractivity contribution >= 4 is 21.6 Å². The Morgan fingerprint density at radius 1 is 1.15 bits per heavy atom. The van der Waals surface area contributed by atoms with E-state index in [-0.39, 0.29) is 5.91 Å². The summed E-state index contributed by atoms with van der Waals surface area (Å²) >= 11 is 0. The van der Waals surface area contributed by atoms with E-state index in [1.807, 2.05) is 31.2 Å². The fraction of sp³-hybridized carbons (Fsp3) is 0.316. The molecular weight excluding hydrogens is 352 g/mol. The summed E-state index contributed by atoms with van der Waals surface area (Å²) in [6.45, 7) is 4.64. The lowest BCUT2D eigenvalue weighted by atomic mass is 10.1. The molecule has 26 heavy (non-hydrogen) atoms. The first-order valence-corrected chi connectivity index (χ1v) is 10.1. The van der Waals surface area contributed by atoms with Crippen molar-refractivity contribution in [3.8, 4) is 5.75 Å². The van der Waals surface area contributed by atoms with Crippen LogP contribution in [-0.4, -0.2) is 34.2 Å². The SMILES string of the molecule is CCOc1ccc(CNC(=O)c2cccc(N(C)S(C)(=O)=O)c2C)cc1. The standard InChI is InChI=1S/C19H24N2O4S/c1-5-25-16-11-9-15(10-12-16)13-20-19(22)17-7-6-8-18(14(17)2)21(3)26(4,23)24/h6-12H,5,13H2,1-4H3,(H,20,22). The maximum absolute atomic E-state index is 12.5. The van der Waals surface area contributed by atoms with Crippen LogP contribution in [0.2, 0.25) is 0 Å². The second-order valence-electron chi connectivity index (χ2n) is 5.94. The van der Waals surface area contributed by atoms with Gasteiger partial charge in [-0.1, -0.05) is 18.2 Å². The second kappa shape index (κ2) is 8.23. The van der Waals surface area contributed by atoms with Crippen LogP contribution < -0.4 is 14.4 Å². The van der Waals surface area contributed by atoms with Gasteiger partial charge in [0, 0.05) is 19.2 Å². The minimum absolute atomic E-state index is 0.250. The first-order chi connectivity index (χ1) is 12.2. The van der Waals surface area contributed by atoms with Crippen molar-refractivity contribution in [3.05, 3.63) is 59.2 Å². The summed E-state index contributed by atoms with van der Waals surface area (Å²) in [6.07, 6.45) is 1.13. The van der Waals surface area contributed by atoms with Gasteiger partial charge < -0.3 is 10.1 Å². The van der Waals surface area contributed by atoms with Crippen molar-refractivity contribution in [2.24, 2.45) is 0 Å². The average Bonchev–Trinajstić information content (AvgIpc) is 2.60. The molecule has 2 aromatic rings. The fourth-order valence-electron chi connectivity index (χ4n) is 2.54. The molecule has 0 unspecified atom stereocenters. The molecule has 1 N–H and O–H groups in total. The van der Waals surface area contributed by atoms with Gasteiger partial charge in [-0.05, 0) is 49.2 Å². The summed E-state index contributed by atoms with van der Waals surface area (Å²) in [5.41, 5.74) is 2.50. The summed E-state index contributed by atoms with van der Waals surface area (Å²) in [4.78, 5) is 12.5. The molecule has 1 amide bonds. The fourth-order valence-corrected chi connectivity index (χ4v) is 3.09. The molecule has 7 heteroatoms. The molecule has 6 nitrogen and oxygen atoms in total. The molecular formula is C19H24N2O4S. The van der Waals surface area contributed by atoms with Crippen LogP contribution in [0.15, 0.2) is 42.5 Å². The maximum atomic E-state index is 12.5. The summed E-state index contributed by atoms with van der Waals surface area (Å²) in [6, 6.07) is 12.5. The lowest BCUT2D eigenvalue weighted by molar-refractivity contribution is 0.0950. The van der Waals surface area contributed by atoms with Crippen LogP contribution >= 0.6 is 0 Å². The van der Waals surface area contributed by atoms with E-state index in [4.69, 9.17) is 4.74 Å². The number of rotatable bonds is 7. The number of hydrogen-bond acceptors (Lipinski definition) is 4. The molecule has 0 saturated heterocycles. The predicted molar refractivity (Wildman–Crippen MR) is 103 cm³/mol. The van der Waals surface area contributed by atoms with Gasteiger partial charge in [0.2, 0.25) is 10.0 Å². The van der Waals surface area contributed by atoms with E-state index in [0.717, 1.165) is 17.6 Å². The molecule has 0 atom stereocenters. The Kier molecular flexibility index (Phi) is 6.26. The Labute approximate surface area is 154 Å². The van der Waals surface area contributed by atoms with E-state index in [1.54, 1.807) is 25.1 Å². The van der Waals surface area contributed by atoms with Gasteiger partial charge in [0.15, 0.2) is 0 Å². The summed E-state index contributed by atoms with van der Waals surface area (Å²) in [5.74, 6) is 0.537. The van der Waals surface area contributed by atoms with Gasteiger partial charge in [0.1, 0.15) is 5.75 Å². The number of nitrogens with one attached hydrogen (secondary N) is 1. The highest BCUT2D eigenvalue weighted by Gasteiger charge is 2.18. The van der Waals surface area contributed by atoms with Crippen LogP contribution in [0.3, 0.4) is 0 Å². The predicted octanol–water partition coefficient (Wildman–Crippen LogP) is 2.72. The van der Waals surface area contributed by atoms with Crippen LogP contribution in [0.25, 0.3) is 0 Å². The first-order valence-electron chi connectivity index (χ1n) is 8.27. The van der Waals surface area contributed by atoms with Crippen molar-refractivity contribution in [2.45, 2.75) is 20.4 Å². The third-order valence-electron chi connectivity index (χ3n) is 4.07. The average molecular weight is 376 g/mol. The van der Waals surface area contributed by atoms with Crippen LogP contribution in [0.4, 0.5) is 5.69 Å². The largest absolute Gasteiger partial charge is 0.494 e. The van der Waals surface area contributed by atoms with Gasteiger partial charge in [0.25, 0.3) is 5.91 Å². The molecule has 0 aliphatic rings. The molecule has 0 bridgehead atoms. The van der Waals surface area contributed by atoms with E-state index in [0.29, 0.717) is 30.0 Å². The van der Waals surface area contributed by atoms with Crippen molar-refractivity contribution < 1.29 is 17.9 Å². The molecule has 2 rings (SSSR count). The van der Waals surface area contributed by atoms with Crippen LogP contribution in [0, 0.1) is 6.92 Å². The smallest absolute Gasteiger partial charge is 0.251 e. The molecule has 2 aromatic carbocycles. The number of benzene rings is 2. The van der Waals surface area contributed by atoms with E-state index in [2.05, 4.69) is 5.32 Å². The van der Waals surface area contributed by atoms with Crippen LogP contribution in [0.1, 0.15) is 28.4 Å². The maximum Gasteiger partial charge on any atom is 0.251 e. The molecule has 0 aliphatic carbocycles. The number of sulfonamides is 1. The van der Waals surface area contributed by atoms with Crippen molar-refractivity contribution in [1.82, 2.24) is 5.32 Å². The van der Waals surface area contributed by atoms with Crippen molar-refractivity contribution in [2.75, 3.05) is 24.2 Å². The Bertz CT molecular complexity index is 877. The highest BCUT2D eigenvalue weighted by atomic mass is 32.2. The monoisotopic (exact) mass is 376 g/mol. The molecule has 140 valence electrons. The van der Waals surface area contributed by atoms with E-state index in [9.17, 15) is 13.2 Å². The zero-order chi connectivity index (χ0) is 19.3. The van der Waals surface area contributed by atoms with Crippen molar-refractivity contribution in [1.29, 1.82) is 0 Å². The summed E-state index contributed by atoms with van der Waals surface area (Å²) in [5, 5.41) is 2.86. The zero-order valence-electron chi connectivity index (χ0n) is 15.4. The summed E-state index contributed by atoms with van der Waals surface area (Å²) in [7, 11) is -1.92. The van der Waals surface area contributed by atoms with E-state index < -0.39 is 10.0 Å². The first kappa shape index (κ1) is 19.8. The molecule has 0 heterocycles.